The van der Waals surface area contributed by atoms with E-state index in [2.05, 4.69) is 0 Å². The van der Waals surface area contributed by atoms with E-state index in [9.17, 15) is 14.9 Å². The van der Waals surface area contributed by atoms with Crippen molar-refractivity contribution in [3.8, 4) is 11.3 Å². The highest BCUT2D eigenvalue weighted by Crippen LogP contribution is 2.38. The van der Waals surface area contributed by atoms with E-state index in [-0.39, 0.29) is 16.6 Å². The molecule has 6 nitrogen and oxygen atoms in total. The normalized spacial score (nSPS) is 15.2. The minimum absolute atomic E-state index is 0.100. The highest BCUT2D eigenvalue weighted by atomic mass is 35.5. The van der Waals surface area contributed by atoms with Crippen LogP contribution in [-0.4, -0.2) is 15.2 Å². The van der Waals surface area contributed by atoms with Crippen LogP contribution in [0.1, 0.15) is 18.2 Å². The molecule has 0 spiro atoms. The lowest BCUT2D eigenvalue weighted by molar-refractivity contribution is -0.384. The third kappa shape index (κ3) is 4.14. The van der Waals surface area contributed by atoms with Gasteiger partial charge in [-0.2, -0.15) is 0 Å². The summed E-state index contributed by atoms with van der Waals surface area (Å²) in [6.45, 7) is 2.03. The Kier molecular flexibility index (Phi) is 5.95. The number of thioether (sulfide) groups is 1. The lowest BCUT2D eigenvalue weighted by Crippen LogP contribution is -2.28. The van der Waals surface area contributed by atoms with E-state index >= 15 is 0 Å². The average Bonchev–Trinajstić information content (AvgIpc) is 3.32. The zero-order valence-electron chi connectivity index (χ0n) is 16.2. The van der Waals surface area contributed by atoms with Gasteiger partial charge in [0.1, 0.15) is 11.5 Å². The highest BCUT2D eigenvalue weighted by Gasteiger charge is 2.34. The van der Waals surface area contributed by atoms with Crippen molar-refractivity contribution < 1.29 is 14.1 Å². The second kappa shape index (κ2) is 8.66. The van der Waals surface area contributed by atoms with Crippen LogP contribution in [0.25, 0.3) is 17.4 Å². The van der Waals surface area contributed by atoms with Gasteiger partial charge in [0.05, 0.1) is 20.5 Å². The lowest BCUT2D eigenvalue weighted by Gasteiger charge is -2.17. The molecular weight excluding hydrogens is 456 g/mol. The highest BCUT2D eigenvalue weighted by molar-refractivity contribution is 8.27. The summed E-state index contributed by atoms with van der Waals surface area (Å²) in [5.74, 6) is 0.689. The molecular formula is C22H15ClN2O4S2. The molecule has 4 rings (SSSR count). The number of amides is 1. The Balaban J connectivity index is 1.62. The van der Waals surface area contributed by atoms with Crippen LogP contribution in [0.5, 0.6) is 0 Å². The SMILES string of the molecule is CCc1ccccc1N1C(=O)C(=Cc2ccc(-c3ccc([N+](=O)[O-])cc3Cl)o2)SC1=S. The van der Waals surface area contributed by atoms with Gasteiger partial charge in [-0.25, -0.2) is 0 Å². The maximum absolute atomic E-state index is 13.0. The fourth-order valence-corrected chi connectivity index (χ4v) is 4.76. The molecule has 0 saturated carbocycles. The number of nitro benzene ring substituents is 1. The maximum Gasteiger partial charge on any atom is 0.270 e. The van der Waals surface area contributed by atoms with Gasteiger partial charge in [0.2, 0.25) is 0 Å². The Morgan fingerprint density at radius 2 is 2.00 bits per heavy atom. The molecule has 1 saturated heterocycles. The van der Waals surface area contributed by atoms with Gasteiger partial charge < -0.3 is 4.42 Å². The number of carbonyl (C=O) groups is 1. The Labute approximate surface area is 192 Å². The van der Waals surface area contributed by atoms with Crippen molar-refractivity contribution in [3.05, 3.63) is 86.0 Å². The maximum atomic E-state index is 13.0. The number of nitrogens with zero attached hydrogens (tertiary/aromatic N) is 2. The van der Waals surface area contributed by atoms with Crippen LogP contribution in [-0.2, 0) is 11.2 Å². The summed E-state index contributed by atoms with van der Waals surface area (Å²) in [5.41, 5.74) is 2.25. The molecule has 2 aromatic carbocycles. The summed E-state index contributed by atoms with van der Waals surface area (Å²) in [6.07, 6.45) is 2.42. The summed E-state index contributed by atoms with van der Waals surface area (Å²) in [4.78, 5) is 25.4. The van der Waals surface area contributed by atoms with Gasteiger partial charge in [-0.05, 0) is 36.2 Å². The second-order valence-electron chi connectivity index (χ2n) is 6.62. The monoisotopic (exact) mass is 470 g/mol. The van der Waals surface area contributed by atoms with Crippen molar-refractivity contribution >= 4 is 63.3 Å². The Morgan fingerprint density at radius 1 is 1.23 bits per heavy atom. The molecule has 9 heteroatoms. The van der Waals surface area contributed by atoms with Gasteiger partial charge in [-0.1, -0.05) is 60.7 Å². The Morgan fingerprint density at radius 3 is 2.71 bits per heavy atom. The molecule has 1 aromatic heterocycles. The summed E-state index contributed by atoms with van der Waals surface area (Å²) in [6, 6.07) is 15.2. The third-order valence-corrected chi connectivity index (χ3v) is 6.35. The predicted molar refractivity (Wildman–Crippen MR) is 127 cm³/mol. The van der Waals surface area contributed by atoms with Gasteiger partial charge >= 0.3 is 0 Å². The van der Waals surface area contributed by atoms with Crippen LogP contribution >= 0.6 is 35.6 Å². The number of aryl methyl sites for hydroxylation is 1. The molecule has 2 heterocycles. The van der Waals surface area contributed by atoms with E-state index in [4.69, 9.17) is 28.2 Å². The second-order valence-corrected chi connectivity index (χ2v) is 8.71. The zero-order chi connectivity index (χ0) is 22.1. The zero-order valence-corrected chi connectivity index (χ0v) is 18.6. The largest absolute Gasteiger partial charge is 0.457 e. The Bertz CT molecular complexity index is 1250. The number of anilines is 1. The first-order valence-corrected chi connectivity index (χ1v) is 10.9. The third-order valence-electron chi connectivity index (χ3n) is 4.74. The van der Waals surface area contributed by atoms with Crippen molar-refractivity contribution in [2.45, 2.75) is 13.3 Å². The standard InChI is InChI=1S/C22H15ClN2O4S2/c1-2-13-5-3-4-6-18(13)24-21(26)20(31-22(24)30)12-15-8-10-19(29-15)16-9-7-14(25(27)28)11-17(16)23/h3-12H,2H2,1H3. The van der Waals surface area contributed by atoms with Crippen LogP contribution in [0.3, 0.4) is 0 Å². The molecule has 0 bridgehead atoms. The fraction of sp³-hybridized carbons (Fsp3) is 0.0909. The van der Waals surface area contributed by atoms with E-state index in [1.165, 1.54) is 30.0 Å². The number of halogens is 1. The topological polar surface area (TPSA) is 76.6 Å². The number of rotatable bonds is 5. The number of hydrogen-bond donors (Lipinski definition) is 0. The quantitative estimate of drug-likeness (QED) is 0.184. The summed E-state index contributed by atoms with van der Waals surface area (Å²) in [5, 5.41) is 11.1. The van der Waals surface area contributed by atoms with Gasteiger partial charge in [0.15, 0.2) is 4.32 Å². The van der Waals surface area contributed by atoms with E-state index in [1.807, 2.05) is 31.2 Å². The van der Waals surface area contributed by atoms with Gasteiger partial charge in [-0.3, -0.25) is 19.8 Å². The molecule has 1 fully saturated rings. The van der Waals surface area contributed by atoms with Gasteiger partial charge in [0, 0.05) is 23.8 Å². The number of nitro groups is 1. The Hall–Kier alpha value is -2.94. The first kappa shape index (κ1) is 21.3. The van der Waals surface area contributed by atoms with Crippen molar-refractivity contribution in [2.24, 2.45) is 0 Å². The van der Waals surface area contributed by atoms with Crippen molar-refractivity contribution in [1.29, 1.82) is 0 Å². The number of carbonyl (C=O) groups excluding carboxylic acids is 1. The number of hydrogen-bond acceptors (Lipinski definition) is 6. The number of furan rings is 1. The average molecular weight is 471 g/mol. The van der Waals surface area contributed by atoms with Crippen LogP contribution in [0.4, 0.5) is 11.4 Å². The minimum atomic E-state index is -0.512. The van der Waals surface area contributed by atoms with Crippen molar-refractivity contribution in [1.82, 2.24) is 0 Å². The molecule has 0 atom stereocenters. The molecule has 0 radical (unpaired) electrons. The number of para-hydroxylation sites is 1. The molecule has 31 heavy (non-hydrogen) atoms. The van der Waals surface area contributed by atoms with Crippen LogP contribution in [0.15, 0.2) is 63.9 Å². The first-order valence-electron chi connectivity index (χ1n) is 9.29. The van der Waals surface area contributed by atoms with E-state index in [0.717, 1.165) is 17.7 Å². The predicted octanol–water partition coefficient (Wildman–Crippen LogP) is 6.48. The molecule has 1 amide bonds. The van der Waals surface area contributed by atoms with E-state index < -0.39 is 4.92 Å². The summed E-state index contributed by atoms with van der Waals surface area (Å²) < 4.78 is 6.28. The van der Waals surface area contributed by atoms with Gasteiger partial charge in [0.25, 0.3) is 11.6 Å². The minimum Gasteiger partial charge on any atom is -0.457 e. The summed E-state index contributed by atoms with van der Waals surface area (Å²) >= 11 is 12.9. The summed E-state index contributed by atoms with van der Waals surface area (Å²) in [7, 11) is 0. The number of thiocarbonyl (C=S) groups is 1. The molecule has 0 N–H and O–H groups in total. The van der Waals surface area contributed by atoms with Gasteiger partial charge in [-0.15, -0.1) is 0 Å². The molecule has 1 aliphatic rings. The number of non-ortho nitro benzene ring substituents is 1. The molecule has 0 unspecified atom stereocenters. The van der Waals surface area contributed by atoms with Crippen molar-refractivity contribution in [2.75, 3.05) is 4.90 Å². The van der Waals surface area contributed by atoms with E-state index in [1.54, 1.807) is 23.1 Å². The lowest BCUT2D eigenvalue weighted by atomic mass is 10.1. The molecule has 3 aromatic rings. The van der Waals surface area contributed by atoms with Crippen molar-refractivity contribution in [3.63, 3.8) is 0 Å². The molecule has 156 valence electrons. The molecule has 0 aliphatic carbocycles. The van der Waals surface area contributed by atoms with Crippen LogP contribution < -0.4 is 4.90 Å². The van der Waals surface area contributed by atoms with Crippen LogP contribution in [0.2, 0.25) is 5.02 Å². The number of benzene rings is 2. The smallest absolute Gasteiger partial charge is 0.270 e. The first-order chi connectivity index (χ1) is 14.9. The van der Waals surface area contributed by atoms with Crippen LogP contribution in [0, 0.1) is 10.1 Å². The fourth-order valence-electron chi connectivity index (χ4n) is 3.23. The molecule has 1 aliphatic heterocycles. The van der Waals surface area contributed by atoms with E-state index in [0.29, 0.717) is 26.3 Å².